The van der Waals surface area contributed by atoms with Crippen molar-refractivity contribution in [3.63, 3.8) is 0 Å². The molecule has 0 fully saturated rings. The number of carbonyl (C=O) groups is 2. The van der Waals surface area contributed by atoms with E-state index in [0.29, 0.717) is 24.3 Å². The molecular weight excluding hydrogens is 314 g/mol. The molecular formula is C17H20ClN3O2. The highest BCUT2D eigenvalue weighted by Gasteiger charge is 2.25. The van der Waals surface area contributed by atoms with Crippen LogP contribution in [0.25, 0.3) is 11.1 Å². The first-order valence-electron chi connectivity index (χ1n) is 7.41. The fraction of sp³-hybridized carbons (Fsp3) is 0.294. The Morgan fingerprint density at radius 1 is 1.35 bits per heavy atom. The maximum atomic E-state index is 12.0. The highest BCUT2D eigenvalue weighted by molar-refractivity contribution is 5.97. The van der Waals surface area contributed by atoms with Crippen molar-refractivity contribution in [2.45, 2.75) is 19.4 Å². The second-order valence-corrected chi connectivity index (χ2v) is 5.60. The van der Waals surface area contributed by atoms with Crippen molar-refractivity contribution in [3.8, 4) is 11.1 Å². The number of fused-ring (bicyclic) bond motifs is 1. The highest BCUT2D eigenvalue weighted by atomic mass is 35.5. The summed E-state index contributed by atoms with van der Waals surface area (Å²) in [4.78, 5) is 23.6. The molecule has 2 aromatic rings. The van der Waals surface area contributed by atoms with Crippen LogP contribution in [0.2, 0.25) is 0 Å². The molecule has 1 unspecified atom stereocenters. The van der Waals surface area contributed by atoms with Gasteiger partial charge in [-0.05, 0) is 37.6 Å². The number of nitrogens with two attached hydrogens (primary N) is 1. The monoisotopic (exact) mass is 333 g/mol. The number of Topliss-reactive ketones (excluding diaryl/α,β-unsaturated/α-hetero) is 1. The molecule has 1 amide bonds. The van der Waals surface area contributed by atoms with Gasteiger partial charge < -0.3 is 15.6 Å². The zero-order valence-corrected chi connectivity index (χ0v) is 13.7. The van der Waals surface area contributed by atoms with Crippen LogP contribution in [0.15, 0.2) is 36.5 Å². The summed E-state index contributed by atoms with van der Waals surface area (Å²) in [6.45, 7) is 2.73. The van der Waals surface area contributed by atoms with Crippen LogP contribution in [0.3, 0.4) is 0 Å². The van der Waals surface area contributed by atoms with E-state index < -0.39 is 0 Å². The third-order valence-electron chi connectivity index (χ3n) is 4.08. The molecule has 2 heterocycles. The number of aromatic nitrogens is 1. The number of rotatable bonds is 4. The predicted octanol–water partition coefficient (Wildman–Crippen LogP) is 2.41. The van der Waals surface area contributed by atoms with E-state index >= 15 is 0 Å². The second-order valence-electron chi connectivity index (χ2n) is 5.60. The Morgan fingerprint density at radius 2 is 2.13 bits per heavy atom. The first-order chi connectivity index (χ1) is 10.6. The number of nitrogens with one attached hydrogen (secondary N) is 1. The molecule has 0 radical (unpaired) electrons. The Balaban J connectivity index is 0.00000192. The molecule has 122 valence electrons. The standard InChI is InChI=1S/C17H19N3O2.ClH/c1-11(21)12-3-2-4-13(7-12)14-8-16-17(22)19-9-15(5-6-18)20(16)10-14;/h2-4,7-8,10,15H,5-6,9,18H2,1H3,(H,19,22);1H. The summed E-state index contributed by atoms with van der Waals surface area (Å²) in [7, 11) is 0. The van der Waals surface area contributed by atoms with Crippen molar-refractivity contribution < 1.29 is 9.59 Å². The first-order valence-corrected chi connectivity index (χ1v) is 7.41. The summed E-state index contributed by atoms with van der Waals surface area (Å²) in [5.74, 6) is -0.0354. The predicted molar refractivity (Wildman–Crippen MR) is 92.2 cm³/mol. The molecule has 1 aromatic heterocycles. The lowest BCUT2D eigenvalue weighted by Crippen LogP contribution is -2.39. The Morgan fingerprint density at radius 3 is 2.83 bits per heavy atom. The smallest absolute Gasteiger partial charge is 0.268 e. The van der Waals surface area contributed by atoms with Crippen LogP contribution in [0, 0.1) is 0 Å². The summed E-state index contributed by atoms with van der Waals surface area (Å²) in [6.07, 6.45) is 2.79. The maximum Gasteiger partial charge on any atom is 0.268 e. The van der Waals surface area contributed by atoms with Gasteiger partial charge in [-0.25, -0.2) is 0 Å². The summed E-state index contributed by atoms with van der Waals surface area (Å²) < 4.78 is 2.00. The molecule has 0 aliphatic carbocycles. The molecule has 6 heteroatoms. The van der Waals surface area contributed by atoms with Gasteiger partial charge in [-0.2, -0.15) is 0 Å². The van der Waals surface area contributed by atoms with E-state index in [9.17, 15) is 9.59 Å². The number of hydrogen-bond donors (Lipinski definition) is 2. The molecule has 3 rings (SSSR count). The van der Waals surface area contributed by atoms with Gasteiger partial charge in [0.1, 0.15) is 5.69 Å². The third kappa shape index (κ3) is 3.30. The zero-order valence-electron chi connectivity index (χ0n) is 12.9. The number of carbonyl (C=O) groups excluding carboxylic acids is 2. The number of benzene rings is 1. The minimum absolute atomic E-state index is 0. The van der Waals surface area contributed by atoms with Gasteiger partial charge in [0.2, 0.25) is 0 Å². The van der Waals surface area contributed by atoms with E-state index in [4.69, 9.17) is 5.73 Å². The van der Waals surface area contributed by atoms with Crippen LogP contribution in [0.1, 0.15) is 40.2 Å². The molecule has 5 nitrogen and oxygen atoms in total. The zero-order chi connectivity index (χ0) is 15.7. The number of ketones is 1. The molecule has 1 atom stereocenters. The van der Waals surface area contributed by atoms with Crippen molar-refractivity contribution >= 4 is 24.1 Å². The lowest BCUT2D eigenvalue weighted by molar-refractivity contribution is 0.0913. The lowest BCUT2D eigenvalue weighted by atomic mass is 10.0. The van der Waals surface area contributed by atoms with Crippen molar-refractivity contribution in [1.29, 1.82) is 0 Å². The molecule has 0 saturated heterocycles. The number of halogens is 1. The van der Waals surface area contributed by atoms with Crippen molar-refractivity contribution in [1.82, 2.24) is 9.88 Å². The number of hydrogen-bond acceptors (Lipinski definition) is 3. The molecule has 1 aromatic carbocycles. The summed E-state index contributed by atoms with van der Waals surface area (Å²) in [5.41, 5.74) is 8.86. The largest absolute Gasteiger partial charge is 0.349 e. The molecule has 0 spiro atoms. The summed E-state index contributed by atoms with van der Waals surface area (Å²) in [6, 6.07) is 9.52. The quantitative estimate of drug-likeness (QED) is 0.843. The van der Waals surface area contributed by atoms with Crippen molar-refractivity contribution in [2.24, 2.45) is 5.73 Å². The van der Waals surface area contributed by atoms with E-state index in [0.717, 1.165) is 17.5 Å². The Labute approximate surface area is 141 Å². The highest BCUT2D eigenvalue weighted by Crippen LogP contribution is 2.28. The van der Waals surface area contributed by atoms with Crippen LogP contribution in [-0.2, 0) is 0 Å². The van der Waals surface area contributed by atoms with Crippen LogP contribution in [0.4, 0.5) is 0 Å². The van der Waals surface area contributed by atoms with Gasteiger partial charge in [0.05, 0.1) is 6.04 Å². The summed E-state index contributed by atoms with van der Waals surface area (Å²) >= 11 is 0. The van der Waals surface area contributed by atoms with Gasteiger partial charge >= 0.3 is 0 Å². The SMILES string of the molecule is CC(=O)c1cccc(-c2cc3n(c2)C(CCN)CNC3=O)c1.Cl. The third-order valence-corrected chi connectivity index (χ3v) is 4.08. The molecule has 1 aliphatic heterocycles. The normalized spacial score (nSPS) is 16.3. The van der Waals surface area contributed by atoms with Crippen molar-refractivity contribution in [2.75, 3.05) is 13.1 Å². The van der Waals surface area contributed by atoms with E-state index in [1.54, 1.807) is 13.0 Å². The average Bonchev–Trinajstić information content (AvgIpc) is 2.97. The topological polar surface area (TPSA) is 77.1 Å². The van der Waals surface area contributed by atoms with Gasteiger partial charge in [-0.15, -0.1) is 12.4 Å². The van der Waals surface area contributed by atoms with Crippen LogP contribution < -0.4 is 11.1 Å². The maximum absolute atomic E-state index is 12.0. The van der Waals surface area contributed by atoms with Crippen molar-refractivity contribution in [3.05, 3.63) is 47.8 Å². The number of nitrogens with zero attached hydrogens (tertiary/aromatic N) is 1. The van der Waals surface area contributed by atoms with Crippen LogP contribution >= 0.6 is 12.4 Å². The second kappa shape index (κ2) is 6.98. The Bertz CT molecular complexity index is 739. The van der Waals surface area contributed by atoms with Gasteiger partial charge in [0.25, 0.3) is 5.91 Å². The molecule has 1 aliphatic rings. The van der Waals surface area contributed by atoms with E-state index in [1.165, 1.54) is 0 Å². The molecule has 3 N–H and O–H groups in total. The fourth-order valence-electron chi connectivity index (χ4n) is 2.87. The molecule has 23 heavy (non-hydrogen) atoms. The van der Waals surface area contributed by atoms with E-state index in [1.807, 2.05) is 35.0 Å². The van der Waals surface area contributed by atoms with Gasteiger partial charge in [-0.3, -0.25) is 9.59 Å². The Kier molecular flexibility index (Phi) is 5.23. The summed E-state index contributed by atoms with van der Waals surface area (Å²) in [5, 5.41) is 2.90. The van der Waals surface area contributed by atoms with Gasteiger partial charge in [0.15, 0.2) is 5.78 Å². The van der Waals surface area contributed by atoms with Crippen LogP contribution in [0.5, 0.6) is 0 Å². The fourth-order valence-corrected chi connectivity index (χ4v) is 2.87. The number of amides is 1. The Hall–Kier alpha value is -2.11. The minimum atomic E-state index is -0.0674. The molecule has 0 bridgehead atoms. The molecule has 0 saturated carbocycles. The first kappa shape index (κ1) is 17.2. The van der Waals surface area contributed by atoms with E-state index in [2.05, 4.69) is 5.32 Å². The van der Waals surface area contributed by atoms with Crippen LogP contribution in [-0.4, -0.2) is 29.3 Å². The van der Waals surface area contributed by atoms with E-state index in [-0.39, 0.29) is 30.1 Å². The minimum Gasteiger partial charge on any atom is -0.349 e. The van der Waals surface area contributed by atoms with Gasteiger partial charge in [0, 0.05) is 23.9 Å². The van der Waals surface area contributed by atoms with Gasteiger partial charge in [-0.1, -0.05) is 18.2 Å². The average molecular weight is 334 g/mol. The lowest BCUT2D eigenvalue weighted by Gasteiger charge is -2.25.